The van der Waals surface area contributed by atoms with Gasteiger partial charge in [0.1, 0.15) is 30.6 Å². The summed E-state index contributed by atoms with van der Waals surface area (Å²) in [5.41, 5.74) is 1.10. The van der Waals surface area contributed by atoms with Crippen LogP contribution in [0.25, 0.3) is 0 Å². The maximum atomic E-state index is 5.74. The Bertz CT molecular complexity index is 831. The van der Waals surface area contributed by atoms with Gasteiger partial charge in [-0.1, -0.05) is 0 Å². The van der Waals surface area contributed by atoms with Crippen molar-refractivity contribution < 1.29 is 14.2 Å². The van der Waals surface area contributed by atoms with Crippen molar-refractivity contribution in [2.24, 2.45) is 0 Å². The van der Waals surface area contributed by atoms with Crippen molar-refractivity contribution in [3.8, 4) is 17.2 Å². The molecule has 1 fully saturated rings. The van der Waals surface area contributed by atoms with Crippen molar-refractivity contribution >= 4 is 0 Å². The number of aromatic nitrogens is 3. The van der Waals surface area contributed by atoms with E-state index in [2.05, 4.69) is 25.0 Å². The third kappa shape index (κ3) is 3.12. The molecule has 5 rings (SSSR count). The topological polar surface area (TPSA) is 73.7 Å². The molecule has 1 N–H and O–H groups in total. The van der Waals surface area contributed by atoms with Crippen LogP contribution in [0.15, 0.2) is 12.1 Å². The monoisotopic (exact) mass is 371 g/mol. The van der Waals surface area contributed by atoms with Crippen LogP contribution in [0.3, 0.4) is 0 Å². The Hall–Kier alpha value is -2.32. The first-order chi connectivity index (χ1) is 13.3. The van der Waals surface area contributed by atoms with E-state index < -0.39 is 0 Å². The Morgan fingerprint density at radius 1 is 1.19 bits per heavy atom. The number of rotatable bonds is 4. The minimum Gasteiger partial charge on any atom is -0.496 e. The average molecular weight is 371 g/mol. The molecule has 0 unspecified atom stereocenters. The van der Waals surface area contributed by atoms with Crippen LogP contribution in [0.2, 0.25) is 0 Å². The molecular formula is C19H25N5O3. The largest absolute Gasteiger partial charge is 0.496 e. The Balaban J connectivity index is 1.34. The zero-order valence-corrected chi connectivity index (χ0v) is 15.6. The molecule has 0 amide bonds. The molecule has 2 aromatic rings. The summed E-state index contributed by atoms with van der Waals surface area (Å²) >= 11 is 0. The van der Waals surface area contributed by atoms with E-state index in [1.807, 2.05) is 12.1 Å². The van der Waals surface area contributed by atoms with E-state index >= 15 is 0 Å². The van der Waals surface area contributed by atoms with Gasteiger partial charge in [-0.3, -0.25) is 4.90 Å². The zero-order chi connectivity index (χ0) is 18.2. The number of methoxy groups -OCH3 is 1. The summed E-state index contributed by atoms with van der Waals surface area (Å²) in [7, 11) is 1.70. The number of ether oxygens (including phenoxy) is 3. The molecule has 0 bridgehead atoms. The van der Waals surface area contributed by atoms with Crippen LogP contribution >= 0.6 is 0 Å². The molecule has 4 heterocycles. The number of hydrogen-bond donors (Lipinski definition) is 1. The minimum absolute atomic E-state index is 0.357. The fraction of sp³-hybridized carbons (Fsp3) is 0.579. The molecule has 0 spiro atoms. The average Bonchev–Trinajstić information content (AvgIpc) is 3.36. The zero-order valence-electron chi connectivity index (χ0n) is 15.6. The van der Waals surface area contributed by atoms with Crippen molar-refractivity contribution in [2.45, 2.75) is 38.5 Å². The molecule has 8 nitrogen and oxygen atoms in total. The van der Waals surface area contributed by atoms with E-state index in [0.717, 1.165) is 73.6 Å². The molecule has 3 aliphatic heterocycles. The molecular weight excluding hydrogens is 346 g/mol. The first-order valence-corrected chi connectivity index (χ1v) is 9.66. The second-order valence-electron chi connectivity index (χ2n) is 7.29. The van der Waals surface area contributed by atoms with Crippen molar-refractivity contribution in [3.05, 3.63) is 29.3 Å². The molecule has 1 aromatic heterocycles. The van der Waals surface area contributed by atoms with Gasteiger partial charge in [0, 0.05) is 31.3 Å². The SMILES string of the molecule is COc1cc2c(cc1CN1CCn3c(nnc3[C@H]3CCCN3)C1)OCCO2. The number of fused-ring (bicyclic) bond motifs is 2. The van der Waals surface area contributed by atoms with Crippen molar-refractivity contribution in [1.82, 2.24) is 25.0 Å². The number of nitrogens with zero attached hydrogens (tertiary/aromatic N) is 4. The van der Waals surface area contributed by atoms with Gasteiger partial charge in [0.05, 0.1) is 19.7 Å². The van der Waals surface area contributed by atoms with E-state index in [4.69, 9.17) is 14.2 Å². The van der Waals surface area contributed by atoms with E-state index in [9.17, 15) is 0 Å². The maximum absolute atomic E-state index is 5.74. The van der Waals surface area contributed by atoms with Crippen LogP contribution in [0, 0.1) is 0 Å². The molecule has 0 saturated carbocycles. The summed E-state index contributed by atoms with van der Waals surface area (Å²) in [6.45, 7) is 5.69. The normalized spacial score (nSPS) is 21.9. The van der Waals surface area contributed by atoms with Crippen LogP contribution in [0.4, 0.5) is 0 Å². The molecule has 1 atom stereocenters. The third-order valence-corrected chi connectivity index (χ3v) is 5.57. The highest BCUT2D eigenvalue weighted by atomic mass is 16.6. The molecule has 1 saturated heterocycles. The van der Waals surface area contributed by atoms with Crippen molar-refractivity contribution in [1.29, 1.82) is 0 Å². The lowest BCUT2D eigenvalue weighted by Crippen LogP contribution is -2.34. The fourth-order valence-corrected chi connectivity index (χ4v) is 4.19. The summed E-state index contributed by atoms with van der Waals surface area (Å²) in [5.74, 6) is 4.53. The highest BCUT2D eigenvalue weighted by Crippen LogP contribution is 2.37. The molecule has 8 heteroatoms. The quantitative estimate of drug-likeness (QED) is 0.873. The molecule has 144 valence electrons. The maximum Gasteiger partial charge on any atom is 0.165 e. The lowest BCUT2D eigenvalue weighted by Gasteiger charge is -2.29. The first kappa shape index (κ1) is 16.8. The minimum atomic E-state index is 0.357. The highest BCUT2D eigenvalue weighted by molar-refractivity contribution is 5.51. The molecule has 0 aliphatic carbocycles. The van der Waals surface area contributed by atoms with Gasteiger partial charge in [-0.2, -0.15) is 0 Å². The van der Waals surface area contributed by atoms with Crippen LogP contribution < -0.4 is 19.5 Å². The van der Waals surface area contributed by atoms with Gasteiger partial charge in [0.2, 0.25) is 0 Å². The van der Waals surface area contributed by atoms with Gasteiger partial charge < -0.3 is 24.1 Å². The van der Waals surface area contributed by atoms with E-state index in [1.54, 1.807) is 7.11 Å². The van der Waals surface area contributed by atoms with Crippen molar-refractivity contribution in [2.75, 3.05) is 33.4 Å². The van der Waals surface area contributed by atoms with Crippen LogP contribution in [-0.4, -0.2) is 53.1 Å². The summed E-state index contributed by atoms with van der Waals surface area (Å²) in [5, 5.41) is 12.5. The van der Waals surface area contributed by atoms with Gasteiger partial charge >= 0.3 is 0 Å². The van der Waals surface area contributed by atoms with Crippen molar-refractivity contribution in [3.63, 3.8) is 0 Å². The Morgan fingerprint density at radius 2 is 2.04 bits per heavy atom. The standard InChI is InChI=1S/C19H25N5O3/c1-25-15-10-17-16(26-7-8-27-17)9-13(15)11-23-5-6-24-18(12-23)21-22-19(24)14-3-2-4-20-14/h9-10,14,20H,2-8,11-12H2,1H3/t14-/m1/s1. The molecule has 3 aliphatic rings. The van der Waals surface area contributed by atoms with Crippen LogP contribution in [0.1, 0.15) is 36.1 Å². The Morgan fingerprint density at radius 3 is 2.81 bits per heavy atom. The van der Waals surface area contributed by atoms with Gasteiger partial charge in [-0.15, -0.1) is 10.2 Å². The van der Waals surface area contributed by atoms with E-state index in [0.29, 0.717) is 19.3 Å². The first-order valence-electron chi connectivity index (χ1n) is 9.66. The second kappa shape index (κ2) is 7.01. The summed E-state index contributed by atoms with van der Waals surface area (Å²) in [4.78, 5) is 2.38. The lowest BCUT2D eigenvalue weighted by atomic mass is 10.1. The number of nitrogens with one attached hydrogen (secondary N) is 1. The van der Waals surface area contributed by atoms with Gasteiger partial charge in [-0.05, 0) is 25.5 Å². The van der Waals surface area contributed by atoms with Crippen LogP contribution in [-0.2, 0) is 19.6 Å². The summed E-state index contributed by atoms with van der Waals surface area (Å²) in [6, 6.07) is 4.33. The summed E-state index contributed by atoms with van der Waals surface area (Å²) < 4.78 is 19.3. The summed E-state index contributed by atoms with van der Waals surface area (Å²) in [6.07, 6.45) is 2.36. The lowest BCUT2D eigenvalue weighted by molar-refractivity contribution is 0.169. The Labute approximate surface area is 158 Å². The Kier molecular flexibility index (Phi) is 4.37. The van der Waals surface area contributed by atoms with Crippen LogP contribution in [0.5, 0.6) is 17.2 Å². The van der Waals surface area contributed by atoms with Gasteiger partial charge in [0.15, 0.2) is 11.5 Å². The van der Waals surface area contributed by atoms with E-state index in [1.165, 1.54) is 6.42 Å². The van der Waals surface area contributed by atoms with E-state index in [-0.39, 0.29) is 0 Å². The number of hydrogen-bond acceptors (Lipinski definition) is 7. The smallest absolute Gasteiger partial charge is 0.165 e. The molecule has 0 radical (unpaired) electrons. The van der Waals surface area contributed by atoms with Gasteiger partial charge in [0.25, 0.3) is 0 Å². The fourth-order valence-electron chi connectivity index (χ4n) is 4.19. The molecule has 1 aromatic carbocycles. The predicted octanol–water partition coefficient (Wildman–Crippen LogP) is 1.50. The third-order valence-electron chi connectivity index (χ3n) is 5.57. The second-order valence-corrected chi connectivity index (χ2v) is 7.29. The number of benzene rings is 1. The highest BCUT2D eigenvalue weighted by Gasteiger charge is 2.28. The van der Waals surface area contributed by atoms with Gasteiger partial charge in [-0.25, -0.2) is 0 Å². The molecule has 27 heavy (non-hydrogen) atoms. The predicted molar refractivity (Wildman–Crippen MR) is 98.1 cm³/mol.